The Labute approximate surface area is 126 Å². The molecule has 0 saturated heterocycles. The van der Waals surface area contributed by atoms with E-state index in [2.05, 4.69) is 9.97 Å². The Bertz CT molecular complexity index is 627. The summed E-state index contributed by atoms with van der Waals surface area (Å²) in [7, 11) is 1.60. The molecule has 6 nitrogen and oxygen atoms in total. The van der Waals surface area contributed by atoms with Crippen LogP contribution in [0.25, 0.3) is 10.6 Å². The van der Waals surface area contributed by atoms with Crippen molar-refractivity contribution in [2.24, 2.45) is 0 Å². The van der Waals surface area contributed by atoms with E-state index >= 15 is 0 Å². The van der Waals surface area contributed by atoms with Gasteiger partial charge in [0.15, 0.2) is 0 Å². The van der Waals surface area contributed by atoms with Crippen molar-refractivity contribution in [2.75, 3.05) is 13.6 Å². The summed E-state index contributed by atoms with van der Waals surface area (Å²) >= 11 is 1.46. The van der Waals surface area contributed by atoms with E-state index in [1.54, 1.807) is 19.4 Å². The zero-order chi connectivity index (χ0) is 15.2. The molecule has 1 N–H and O–H groups in total. The van der Waals surface area contributed by atoms with E-state index in [4.69, 9.17) is 5.11 Å². The van der Waals surface area contributed by atoms with Gasteiger partial charge in [-0.25, -0.2) is 4.98 Å². The first-order valence-corrected chi connectivity index (χ1v) is 7.25. The predicted molar refractivity (Wildman–Crippen MR) is 78.9 cm³/mol. The number of pyridine rings is 1. The predicted octanol–water partition coefficient (Wildman–Crippen LogP) is 1.68. The van der Waals surface area contributed by atoms with Crippen LogP contribution in [0.1, 0.15) is 12.1 Å². The van der Waals surface area contributed by atoms with Gasteiger partial charge < -0.3 is 10.0 Å². The number of carboxylic acids is 1. The Balaban J connectivity index is 1.96. The number of carboxylic acid groups (broad SMARTS) is 1. The van der Waals surface area contributed by atoms with Gasteiger partial charge in [0.2, 0.25) is 5.91 Å². The van der Waals surface area contributed by atoms with E-state index in [0.29, 0.717) is 5.69 Å². The second-order valence-corrected chi connectivity index (χ2v) is 5.38. The Hall–Kier alpha value is -2.28. The third-order valence-electron chi connectivity index (χ3n) is 2.88. The third-order valence-corrected chi connectivity index (χ3v) is 3.82. The van der Waals surface area contributed by atoms with Crippen molar-refractivity contribution < 1.29 is 14.7 Å². The van der Waals surface area contributed by atoms with Crippen LogP contribution in [0.15, 0.2) is 29.9 Å². The molecule has 2 aromatic rings. The third kappa shape index (κ3) is 4.35. The van der Waals surface area contributed by atoms with Gasteiger partial charge in [0, 0.05) is 36.9 Å². The van der Waals surface area contributed by atoms with Crippen LogP contribution in [0.2, 0.25) is 0 Å². The SMILES string of the molecule is CN(CCC(=O)O)C(=O)Cc1csc(-c2cccnc2)n1. The maximum Gasteiger partial charge on any atom is 0.305 e. The van der Waals surface area contributed by atoms with Gasteiger partial charge in [-0.1, -0.05) is 0 Å². The van der Waals surface area contributed by atoms with Gasteiger partial charge in [-0.2, -0.15) is 0 Å². The molecule has 0 bridgehead atoms. The van der Waals surface area contributed by atoms with Gasteiger partial charge in [0.25, 0.3) is 0 Å². The second kappa shape index (κ2) is 6.94. The Morgan fingerprint density at radius 3 is 2.90 bits per heavy atom. The van der Waals surface area contributed by atoms with E-state index in [1.807, 2.05) is 17.5 Å². The molecule has 0 aliphatic rings. The van der Waals surface area contributed by atoms with Gasteiger partial charge in [0.05, 0.1) is 18.5 Å². The molecule has 0 unspecified atom stereocenters. The van der Waals surface area contributed by atoms with Crippen LogP contribution in [0.5, 0.6) is 0 Å². The molecule has 0 aliphatic carbocycles. The lowest BCUT2D eigenvalue weighted by atomic mass is 10.2. The van der Waals surface area contributed by atoms with Gasteiger partial charge in [-0.15, -0.1) is 11.3 Å². The number of aromatic nitrogens is 2. The number of thiazole rings is 1. The minimum atomic E-state index is -0.915. The maximum absolute atomic E-state index is 12.0. The largest absolute Gasteiger partial charge is 0.481 e. The average molecular weight is 305 g/mol. The Kier molecular flexibility index (Phi) is 4.99. The van der Waals surface area contributed by atoms with E-state index < -0.39 is 5.97 Å². The van der Waals surface area contributed by atoms with Crippen molar-refractivity contribution in [3.8, 4) is 10.6 Å². The second-order valence-electron chi connectivity index (χ2n) is 4.52. The van der Waals surface area contributed by atoms with Gasteiger partial charge in [-0.05, 0) is 12.1 Å². The number of carbonyl (C=O) groups is 2. The van der Waals surface area contributed by atoms with Crippen molar-refractivity contribution in [2.45, 2.75) is 12.8 Å². The molecule has 2 aromatic heterocycles. The number of hydrogen-bond acceptors (Lipinski definition) is 5. The molecule has 0 fully saturated rings. The number of amides is 1. The fourth-order valence-electron chi connectivity index (χ4n) is 1.69. The quantitative estimate of drug-likeness (QED) is 0.878. The highest BCUT2D eigenvalue weighted by Gasteiger charge is 2.13. The first-order chi connectivity index (χ1) is 10.1. The van der Waals surface area contributed by atoms with Crippen molar-refractivity contribution in [3.63, 3.8) is 0 Å². The molecule has 7 heteroatoms. The standard InChI is InChI=1S/C14H15N3O3S/c1-17(6-4-13(19)20)12(18)7-11-9-21-14(16-11)10-3-2-5-15-8-10/h2-3,5,8-9H,4,6-7H2,1H3,(H,19,20). The van der Waals surface area contributed by atoms with E-state index in [0.717, 1.165) is 10.6 Å². The lowest BCUT2D eigenvalue weighted by Gasteiger charge is -2.15. The van der Waals surface area contributed by atoms with E-state index in [1.165, 1.54) is 16.2 Å². The van der Waals surface area contributed by atoms with Crippen LogP contribution in [0.4, 0.5) is 0 Å². The van der Waals surface area contributed by atoms with Crippen molar-refractivity contribution in [1.29, 1.82) is 0 Å². The summed E-state index contributed by atoms with van der Waals surface area (Å²) in [5.41, 5.74) is 1.60. The summed E-state index contributed by atoms with van der Waals surface area (Å²) in [5.74, 6) is -1.05. The molecular formula is C14H15N3O3S. The molecular weight excluding hydrogens is 290 g/mol. The minimum Gasteiger partial charge on any atom is -0.481 e. The van der Waals surface area contributed by atoms with Crippen molar-refractivity contribution in [3.05, 3.63) is 35.6 Å². The molecule has 0 aromatic carbocycles. The molecule has 0 atom stereocenters. The fourth-order valence-corrected chi connectivity index (χ4v) is 2.50. The zero-order valence-corrected chi connectivity index (χ0v) is 12.3. The van der Waals surface area contributed by atoms with Crippen LogP contribution in [-0.2, 0) is 16.0 Å². The molecule has 0 spiro atoms. The van der Waals surface area contributed by atoms with Crippen LogP contribution >= 0.6 is 11.3 Å². The summed E-state index contributed by atoms with van der Waals surface area (Å²) in [6, 6.07) is 3.75. The number of carbonyl (C=O) groups excluding carboxylic acids is 1. The van der Waals surface area contributed by atoms with Crippen LogP contribution in [0.3, 0.4) is 0 Å². The molecule has 0 aliphatic heterocycles. The average Bonchev–Trinajstić information content (AvgIpc) is 2.94. The Morgan fingerprint density at radius 1 is 1.43 bits per heavy atom. The number of likely N-dealkylation sites (N-methyl/N-ethyl adjacent to an activating group) is 1. The fraction of sp³-hybridized carbons (Fsp3) is 0.286. The molecule has 0 radical (unpaired) electrons. The minimum absolute atomic E-state index is 0.0553. The number of rotatable bonds is 6. The Morgan fingerprint density at radius 2 is 2.24 bits per heavy atom. The molecule has 21 heavy (non-hydrogen) atoms. The van der Waals surface area contributed by atoms with Crippen LogP contribution in [0, 0.1) is 0 Å². The molecule has 110 valence electrons. The molecule has 1 amide bonds. The molecule has 2 rings (SSSR count). The highest BCUT2D eigenvalue weighted by atomic mass is 32.1. The van der Waals surface area contributed by atoms with Gasteiger partial charge in [0.1, 0.15) is 5.01 Å². The summed E-state index contributed by atoms with van der Waals surface area (Å²) in [5, 5.41) is 11.3. The first-order valence-electron chi connectivity index (χ1n) is 6.37. The molecule has 0 saturated carbocycles. The van der Waals surface area contributed by atoms with E-state index in [-0.39, 0.29) is 25.3 Å². The number of nitrogens with zero attached hydrogens (tertiary/aromatic N) is 3. The summed E-state index contributed by atoms with van der Waals surface area (Å²) in [6.45, 7) is 0.202. The van der Waals surface area contributed by atoms with Gasteiger partial charge >= 0.3 is 5.97 Å². The van der Waals surface area contributed by atoms with E-state index in [9.17, 15) is 9.59 Å². The number of hydrogen-bond donors (Lipinski definition) is 1. The van der Waals surface area contributed by atoms with Gasteiger partial charge in [-0.3, -0.25) is 14.6 Å². The lowest BCUT2D eigenvalue weighted by Crippen LogP contribution is -2.30. The zero-order valence-electron chi connectivity index (χ0n) is 11.5. The van der Waals surface area contributed by atoms with Crippen molar-refractivity contribution >= 4 is 23.2 Å². The normalized spacial score (nSPS) is 10.3. The highest BCUT2D eigenvalue weighted by Crippen LogP contribution is 2.22. The smallest absolute Gasteiger partial charge is 0.305 e. The van der Waals surface area contributed by atoms with Crippen LogP contribution < -0.4 is 0 Å². The topological polar surface area (TPSA) is 83.4 Å². The highest BCUT2D eigenvalue weighted by molar-refractivity contribution is 7.13. The summed E-state index contributed by atoms with van der Waals surface area (Å²) in [6.07, 6.45) is 3.54. The first kappa shape index (κ1) is 15.1. The van der Waals surface area contributed by atoms with Crippen LogP contribution in [-0.4, -0.2) is 45.4 Å². The van der Waals surface area contributed by atoms with Crippen molar-refractivity contribution in [1.82, 2.24) is 14.9 Å². The monoisotopic (exact) mass is 305 g/mol. The molecule has 2 heterocycles. The maximum atomic E-state index is 12.0. The number of aliphatic carboxylic acids is 1. The summed E-state index contributed by atoms with van der Waals surface area (Å²) in [4.78, 5) is 32.3. The lowest BCUT2D eigenvalue weighted by molar-refractivity contribution is -0.138. The summed E-state index contributed by atoms with van der Waals surface area (Å²) < 4.78 is 0.